The Labute approximate surface area is 77.9 Å². The SMILES string of the molecule is CC(C)c1ncnc2c1NC(=O)C2.[HH]. The zero-order valence-corrected chi connectivity index (χ0v) is 7.66. The smallest absolute Gasteiger partial charge is 0.230 e. The highest BCUT2D eigenvalue weighted by Gasteiger charge is 2.23. The van der Waals surface area contributed by atoms with Gasteiger partial charge in [0, 0.05) is 1.43 Å². The van der Waals surface area contributed by atoms with Crippen molar-refractivity contribution in [1.29, 1.82) is 0 Å². The molecule has 13 heavy (non-hydrogen) atoms. The molecule has 1 amide bonds. The average Bonchev–Trinajstić information content (AvgIpc) is 2.43. The van der Waals surface area contributed by atoms with Gasteiger partial charge < -0.3 is 5.32 Å². The second-order valence-electron chi connectivity index (χ2n) is 3.46. The first-order valence-electron chi connectivity index (χ1n) is 4.32. The molecule has 0 aliphatic carbocycles. The summed E-state index contributed by atoms with van der Waals surface area (Å²) in [4.78, 5) is 19.3. The van der Waals surface area contributed by atoms with Gasteiger partial charge in [-0.3, -0.25) is 4.79 Å². The fourth-order valence-corrected chi connectivity index (χ4v) is 1.48. The van der Waals surface area contributed by atoms with Gasteiger partial charge in [0.15, 0.2) is 0 Å². The van der Waals surface area contributed by atoms with Crippen LogP contribution in [0.1, 0.15) is 32.6 Å². The van der Waals surface area contributed by atoms with Gasteiger partial charge in [0.1, 0.15) is 6.33 Å². The van der Waals surface area contributed by atoms with E-state index in [1.54, 1.807) is 0 Å². The van der Waals surface area contributed by atoms with Gasteiger partial charge >= 0.3 is 0 Å². The van der Waals surface area contributed by atoms with Gasteiger partial charge in [0.05, 0.1) is 23.5 Å². The number of amides is 1. The Morgan fingerprint density at radius 2 is 2.31 bits per heavy atom. The molecule has 1 aromatic rings. The van der Waals surface area contributed by atoms with Crippen LogP contribution in [0, 0.1) is 0 Å². The fraction of sp³-hybridized carbons (Fsp3) is 0.444. The highest BCUT2D eigenvalue weighted by atomic mass is 16.1. The lowest BCUT2D eigenvalue weighted by molar-refractivity contribution is -0.115. The summed E-state index contributed by atoms with van der Waals surface area (Å²) in [5.41, 5.74) is 2.57. The highest BCUT2D eigenvalue weighted by molar-refractivity contribution is 5.99. The van der Waals surface area contributed by atoms with Crippen molar-refractivity contribution in [2.75, 3.05) is 5.32 Å². The number of hydrogen-bond acceptors (Lipinski definition) is 3. The molecule has 0 spiro atoms. The Hall–Kier alpha value is -1.45. The first kappa shape index (κ1) is 8.16. The molecule has 70 valence electrons. The van der Waals surface area contributed by atoms with Gasteiger partial charge in [0.25, 0.3) is 0 Å². The Morgan fingerprint density at radius 1 is 1.54 bits per heavy atom. The summed E-state index contributed by atoms with van der Waals surface area (Å²) in [6, 6.07) is 0. The fourth-order valence-electron chi connectivity index (χ4n) is 1.48. The van der Waals surface area contributed by atoms with Crippen molar-refractivity contribution in [3.05, 3.63) is 17.7 Å². The van der Waals surface area contributed by atoms with Crippen molar-refractivity contribution >= 4 is 11.6 Å². The molecule has 2 heterocycles. The molecule has 0 saturated carbocycles. The zero-order valence-electron chi connectivity index (χ0n) is 7.66. The van der Waals surface area contributed by atoms with E-state index in [1.807, 2.05) is 13.8 Å². The van der Waals surface area contributed by atoms with Crippen LogP contribution in [0.5, 0.6) is 0 Å². The third-order valence-electron chi connectivity index (χ3n) is 2.09. The van der Waals surface area contributed by atoms with Crippen molar-refractivity contribution in [3.63, 3.8) is 0 Å². The normalized spacial score (nSPS) is 14.5. The minimum absolute atomic E-state index is 0. The molecule has 4 heteroatoms. The summed E-state index contributed by atoms with van der Waals surface area (Å²) >= 11 is 0. The van der Waals surface area contributed by atoms with Gasteiger partial charge in [-0.1, -0.05) is 13.8 Å². The van der Waals surface area contributed by atoms with Gasteiger partial charge in [-0.15, -0.1) is 0 Å². The molecule has 4 nitrogen and oxygen atoms in total. The maximum Gasteiger partial charge on any atom is 0.230 e. The third-order valence-corrected chi connectivity index (χ3v) is 2.09. The number of carbonyl (C=O) groups excluding carboxylic acids is 1. The molecule has 0 fully saturated rings. The summed E-state index contributed by atoms with van der Waals surface area (Å²) in [6.45, 7) is 4.10. The molecule has 0 saturated heterocycles. The molecule has 0 radical (unpaired) electrons. The van der Waals surface area contributed by atoms with E-state index in [2.05, 4.69) is 15.3 Å². The van der Waals surface area contributed by atoms with Gasteiger partial charge in [-0.05, 0) is 5.92 Å². The van der Waals surface area contributed by atoms with Crippen molar-refractivity contribution < 1.29 is 6.22 Å². The lowest BCUT2D eigenvalue weighted by atomic mass is 10.1. The van der Waals surface area contributed by atoms with Gasteiger partial charge in [-0.2, -0.15) is 0 Å². The van der Waals surface area contributed by atoms with Crippen LogP contribution in [-0.2, 0) is 11.2 Å². The van der Waals surface area contributed by atoms with Crippen LogP contribution in [0.4, 0.5) is 5.69 Å². The van der Waals surface area contributed by atoms with E-state index in [0.717, 1.165) is 17.1 Å². The number of nitrogens with zero attached hydrogens (tertiary/aromatic N) is 2. The van der Waals surface area contributed by atoms with Crippen molar-refractivity contribution in [1.82, 2.24) is 9.97 Å². The van der Waals surface area contributed by atoms with E-state index in [-0.39, 0.29) is 7.33 Å². The van der Waals surface area contributed by atoms with Crippen LogP contribution in [0.15, 0.2) is 6.33 Å². The van der Waals surface area contributed by atoms with E-state index in [1.165, 1.54) is 6.33 Å². The molecule has 1 aliphatic rings. The Kier molecular flexibility index (Phi) is 1.76. The number of anilines is 1. The molecule has 1 aliphatic heterocycles. The summed E-state index contributed by atoms with van der Waals surface area (Å²) in [5.74, 6) is 0.326. The molecular weight excluding hydrogens is 166 g/mol. The van der Waals surface area contributed by atoms with E-state index in [9.17, 15) is 4.79 Å². The maximum absolute atomic E-state index is 11.1. The predicted molar refractivity (Wildman–Crippen MR) is 50.6 cm³/mol. The molecule has 0 bridgehead atoms. The van der Waals surface area contributed by atoms with E-state index < -0.39 is 0 Å². The van der Waals surface area contributed by atoms with Crippen LogP contribution < -0.4 is 5.32 Å². The summed E-state index contributed by atoms with van der Waals surface area (Å²) in [7, 11) is 0. The minimum atomic E-state index is 0. The van der Waals surface area contributed by atoms with Crippen molar-refractivity contribution in [2.24, 2.45) is 0 Å². The number of aromatic nitrogens is 2. The monoisotopic (exact) mass is 179 g/mol. The number of hydrogen-bond donors (Lipinski definition) is 1. The number of nitrogens with one attached hydrogen (secondary N) is 1. The first-order chi connectivity index (χ1) is 6.18. The summed E-state index contributed by atoms with van der Waals surface area (Å²) in [6.07, 6.45) is 1.91. The standard InChI is InChI=1S/C9H11N3O.H2/c1-5(2)8-9-6(10-4-11-8)3-7(13)12-9;/h4-5H,3H2,1-2H3,(H,12,13);1H. The maximum atomic E-state index is 11.1. The van der Waals surface area contributed by atoms with Gasteiger partial charge in [0.2, 0.25) is 5.91 Å². The lowest BCUT2D eigenvalue weighted by Gasteiger charge is -2.08. The van der Waals surface area contributed by atoms with Gasteiger partial charge in [-0.25, -0.2) is 9.97 Å². The Balaban J connectivity index is 0.000000980. The van der Waals surface area contributed by atoms with E-state index in [4.69, 9.17) is 0 Å². The summed E-state index contributed by atoms with van der Waals surface area (Å²) < 4.78 is 0. The van der Waals surface area contributed by atoms with E-state index in [0.29, 0.717) is 12.3 Å². The van der Waals surface area contributed by atoms with Crippen LogP contribution in [0.2, 0.25) is 0 Å². The van der Waals surface area contributed by atoms with Crippen LogP contribution >= 0.6 is 0 Å². The van der Waals surface area contributed by atoms with Crippen LogP contribution in [0.25, 0.3) is 0 Å². The molecule has 0 unspecified atom stereocenters. The largest absolute Gasteiger partial charge is 0.323 e. The predicted octanol–water partition coefficient (Wildman–Crippen LogP) is 1.34. The molecule has 1 aromatic heterocycles. The van der Waals surface area contributed by atoms with Crippen LogP contribution in [0.3, 0.4) is 0 Å². The molecule has 0 aromatic carbocycles. The van der Waals surface area contributed by atoms with E-state index >= 15 is 0 Å². The lowest BCUT2D eigenvalue weighted by Crippen LogP contribution is -2.06. The number of carbonyl (C=O) groups is 1. The molecular formula is C9H13N3O. The Morgan fingerprint density at radius 3 is 3.00 bits per heavy atom. The average molecular weight is 179 g/mol. The number of fused-ring (bicyclic) bond motifs is 1. The third kappa shape index (κ3) is 1.28. The summed E-state index contributed by atoms with van der Waals surface area (Å²) in [5, 5.41) is 2.78. The molecule has 0 atom stereocenters. The molecule has 1 N–H and O–H groups in total. The van der Waals surface area contributed by atoms with Crippen LogP contribution in [-0.4, -0.2) is 15.9 Å². The highest BCUT2D eigenvalue weighted by Crippen LogP contribution is 2.28. The second-order valence-corrected chi connectivity index (χ2v) is 3.46. The minimum Gasteiger partial charge on any atom is -0.323 e. The van der Waals surface area contributed by atoms with Crippen molar-refractivity contribution in [3.8, 4) is 0 Å². The topological polar surface area (TPSA) is 54.9 Å². The first-order valence-corrected chi connectivity index (χ1v) is 4.32. The second kappa shape index (κ2) is 2.80. The Bertz CT molecular complexity index is 365. The zero-order chi connectivity index (χ0) is 9.42. The molecule has 2 rings (SSSR count). The number of rotatable bonds is 1. The van der Waals surface area contributed by atoms with Crippen molar-refractivity contribution in [2.45, 2.75) is 26.2 Å². The quantitative estimate of drug-likeness (QED) is 0.707.